The van der Waals surface area contributed by atoms with Gasteiger partial charge in [-0.2, -0.15) is 5.10 Å². The van der Waals surface area contributed by atoms with Gasteiger partial charge in [0.05, 0.1) is 5.52 Å². The van der Waals surface area contributed by atoms with Crippen LogP contribution >= 0.6 is 0 Å². The number of carbonyl (C=O) groups is 1. The van der Waals surface area contributed by atoms with Gasteiger partial charge in [-0.15, -0.1) is 5.10 Å². The van der Waals surface area contributed by atoms with Gasteiger partial charge < -0.3 is 0 Å². The monoisotopic (exact) mass is 231 g/mol. The predicted octanol–water partition coefficient (Wildman–Crippen LogP) is 0.943. The van der Waals surface area contributed by atoms with Gasteiger partial charge >= 0.3 is 0 Å². The molecule has 0 fully saturated rings. The van der Waals surface area contributed by atoms with Crippen molar-refractivity contribution in [3.8, 4) is 0 Å². The minimum absolute atomic E-state index is 0.108. The SMILES string of the molecule is CC(C)=NNC(=O)Cn1nnc2ccccc21. The second kappa shape index (κ2) is 4.73. The molecule has 0 aliphatic rings. The first-order chi connectivity index (χ1) is 8.16. The van der Waals surface area contributed by atoms with Crippen LogP contribution in [0.4, 0.5) is 0 Å². The Bertz CT molecular complexity index is 568. The van der Waals surface area contributed by atoms with Gasteiger partial charge in [0.2, 0.25) is 0 Å². The summed E-state index contributed by atoms with van der Waals surface area (Å²) in [5.74, 6) is -0.221. The van der Waals surface area contributed by atoms with E-state index in [-0.39, 0.29) is 12.5 Å². The molecule has 1 heterocycles. The van der Waals surface area contributed by atoms with E-state index >= 15 is 0 Å². The molecule has 0 aliphatic carbocycles. The van der Waals surface area contributed by atoms with Gasteiger partial charge in [-0.05, 0) is 26.0 Å². The first kappa shape index (κ1) is 11.3. The van der Waals surface area contributed by atoms with Crippen LogP contribution in [0.2, 0.25) is 0 Å². The van der Waals surface area contributed by atoms with Crippen LogP contribution in [0.15, 0.2) is 29.4 Å². The summed E-state index contributed by atoms with van der Waals surface area (Å²) in [5.41, 5.74) is 4.85. The molecule has 0 aliphatic heterocycles. The molecule has 0 unspecified atom stereocenters. The number of nitrogens with zero attached hydrogens (tertiary/aromatic N) is 4. The van der Waals surface area contributed by atoms with E-state index in [1.54, 1.807) is 4.68 Å². The van der Waals surface area contributed by atoms with Crippen LogP contribution in [-0.2, 0) is 11.3 Å². The lowest BCUT2D eigenvalue weighted by molar-refractivity contribution is -0.121. The summed E-state index contributed by atoms with van der Waals surface area (Å²) in [7, 11) is 0. The summed E-state index contributed by atoms with van der Waals surface area (Å²) in [6.45, 7) is 3.73. The standard InChI is InChI=1S/C11H13N5O/c1-8(2)12-14-11(17)7-16-10-6-4-3-5-9(10)13-15-16/h3-6H,7H2,1-2H3,(H,14,17). The molecule has 0 radical (unpaired) electrons. The smallest absolute Gasteiger partial charge is 0.261 e. The van der Waals surface area contributed by atoms with Crippen LogP contribution in [0.1, 0.15) is 13.8 Å². The molecule has 1 aromatic carbocycles. The van der Waals surface area contributed by atoms with E-state index in [4.69, 9.17) is 0 Å². The van der Waals surface area contributed by atoms with Crippen LogP contribution in [0.5, 0.6) is 0 Å². The number of rotatable bonds is 3. The molecule has 2 aromatic rings. The molecule has 0 saturated heterocycles. The van der Waals surface area contributed by atoms with E-state index in [1.807, 2.05) is 38.1 Å². The molecule has 2 rings (SSSR count). The molecule has 0 spiro atoms. The van der Waals surface area contributed by atoms with E-state index in [2.05, 4.69) is 20.8 Å². The highest BCUT2D eigenvalue weighted by Crippen LogP contribution is 2.08. The summed E-state index contributed by atoms with van der Waals surface area (Å²) in [4.78, 5) is 11.6. The number of benzene rings is 1. The summed E-state index contributed by atoms with van der Waals surface area (Å²) < 4.78 is 1.55. The fraction of sp³-hybridized carbons (Fsp3) is 0.273. The molecule has 6 nitrogen and oxygen atoms in total. The van der Waals surface area contributed by atoms with E-state index < -0.39 is 0 Å². The highest BCUT2D eigenvalue weighted by Gasteiger charge is 2.07. The second-order valence-corrected chi connectivity index (χ2v) is 3.83. The third-order valence-corrected chi connectivity index (χ3v) is 2.12. The van der Waals surface area contributed by atoms with Crippen molar-refractivity contribution in [1.29, 1.82) is 0 Å². The molecule has 0 bridgehead atoms. The first-order valence-electron chi connectivity index (χ1n) is 5.25. The zero-order valence-electron chi connectivity index (χ0n) is 9.71. The quantitative estimate of drug-likeness (QED) is 0.631. The van der Waals surface area contributed by atoms with Crippen LogP contribution in [-0.4, -0.2) is 26.6 Å². The van der Waals surface area contributed by atoms with Gasteiger partial charge in [-0.25, -0.2) is 10.1 Å². The Morgan fingerprint density at radius 3 is 2.94 bits per heavy atom. The maximum atomic E-state index is 11.6. The Labute approximate surface area is 98.3 Å². The molecule has 17 heavy (non-hydrogen) atoms. The lowest BCUT2D eigenvalue weighted by atomic mass is 10.3. The average Bonchev–Trinajstić information content (AvgIpc) is 2.70. The maximum Gasteiger partial charge on any atom is 0.261 e. The fourth-order valence-corrected chi connectivity index (χ4v) is 1.38. The molecular weight excluding hydrogens is 218 g/mol. The third-order valence-electron chi connectivity index (χ3n) is 2.12. The molecule has 88 valence electrons. The van der Waals surface area contributed by atoms with Gasteiger partial charge in [-0.3, -0.25) is 4.79 Å². The van der Waals surface area contributed by atoms with Crippen molar-refractivity contribution in [2.24, 2.45) is 5.10 Å². The summed E-state index contributed by atoms with van der Waals surface area (Å²) >= 11 is 0. The summed E-state index contributed by atoms with van der Waals surface area (Å²) in [6, 6.07) is 7.49. The number of hydrazone groups is 1. The molecule has 1 amide bonds. The van der Waals surface area contributed by atoms with Crippen LogP contribution in [0.3, 0.4) is 0 Å². The topological polar surface area (TPSA) is 72.2 Å². The lowest BCUT2D eigenvalue weighted by Crippen LogP contribution is -2.24. The van der Waals surface area contributed by atoms with Crippen LogP contribution < -0.4 is 5.43 Å². The Hall–Kier alpha value is -2.24. The molecule has 1 N–H and O–H groups in total. The lowest BCUT2D eigenvalue weighted by Gasteiger charge is -2.01. The zero-order valence-corrected chi connectivity index (χ0v) is 9.71. The Morgan fingerprint density at radius 2 is 2.18 bits per heavy atom. The van der Waals surface area contributed by atoms with Crippen molar-refractivity contribution in [1.82, 2.24) is 20.4 Å². The number of hydrogen-bond donors (Lipinski definition) is 1. The Morgan fingerprint density at radius 1 is 1.41 bits per heavy atom. The number of carbonyl (C=O) groups excluding carboxylic acids is 1. The number of nitrogens with one attached hydrogen (secondary N) is 1. The van der Waals surface area contributed by atoms with Gasteiger partial charge in [-0.1, -0.05) is 17.3 Å². The number of hydrogen-bond acceptors (Lipinski definition) is 4. The molecule has 6 heteroatoms. The summed E-state index contributed by atoms with van der Waals surface area (Å²) in [6.07, 6.45) is 0. The number of para-hydroxylation sites is 1. The Balaban J connectivity index is 2.13. The van der Waals surface area contributed by atoms with Gasteiger partial charge in [0.25, 0.3) is 5.91 Å². The molecule has 1 aromatic heterocycles. The fourth-order valence-electron chi connectivity index (χ4n) is 1.38. The van der Waals surface area contributed by atoms with Gasteiger partial charge in [0.1, 0.15) is 12.1 Å². The van der Waals surface area contributed by atoms with Crippen molar-refractivity contribution in [3.05, 3.63) is 24.3 Å². The van der Waals surface area contributed by atoms with Gasteiger partial charge in [0, 0.05) is 5.71 Å². The largest absolute Gasteiger partial charge is 0.271 e. The second-order valence-electron chi connectivity index (χ2n) is 3.83. The van der Waals surface area contributed by atoms with Crippen LogP contribution in [0.25, 0.3) is 11.0 Å². The third kappa shape index (κ3) is 2.66. The van der Waals surface area contributed by atoms with Crippen molar-refractivity contribution in [3.63, 3.8) is 0 Å². The maximum absolute atomic E-state index is 11.6. The molecular formula is C11H13N5O. The van der Waals surface area contributed by atoms with E-state index in [1.165, 1.54) is 0 Å². The number of amides is 1. The van der Waals surface area contributed by atoms with E-state index in [0.29, 0.717) is 0 Å². The first-order valence-corrected chi connectivity index (χ1v) is 5.25. The predicted molar refractivity (Wildman–Crippen MR) is 64.5 cm³/mol. The van der Waals surface area contributed by atoms with Crippen molar-refractivity contribution in [2.45, 2.75) is 20.4 Å². The van der Waals surface area contributed by atoms with E-state index in [0.717, 1.165) is 16.7 Å². The van der Waals surface area contributed by atoms with Gasteiger partial charge in [0.15, 0.2) is 0 Å². The van der Waals surface area contributed by atoms with Crippen molar-refractivity contribution >= 4 is 22.7 Å². The van der Waals surface area contributed by atoms with Crippen molar-refractivity contribution < 1.29 is 4.79 Å². The minimum atomic E-state index is -0.221. The van der Waals surface area contributed by atoms with E-state index in [9.17, 15) is 4.79 Å². The summed E-state index contributed by atoms with van der Waals surface area (Å²) in [5, 5.41) is 11.7. The number of fused-ring (bicyclic) bond motifs is 1. The molecule has 0 atom stereocenters. The molecule has 0 saturated carbocycles. The van der Waals surface area contributed by atoms with Crippen LogP contribution in [0, 0.1) is 0 Å². The number of aromatic nitrogens is 3. The highest BCUT2D eigenvalue weighted by molar-refractivity contribution is 5.83. The highest BCUT2D eigenvalue weighted by atomic mass is 16.2. The van der Waals surface area contributed by atoms with Crippen molar-refractivity contribution in [2.75, 3.05) is 0 Å². The zero-order chi connectivity index (χ0) is 12.3. The normalized spacial score (nSPS) is 10.2. The minimum Gasteiger partial charge on any atom is -0.271 e. The Kier molecular flexibility index (Phi) is 3.13. The average molecular weight is 231 g/mol.